The van der Waals surface area contributed by atoms with Crippen LogP contribution in [0, 0.1) is 0 Å². The van der Waals surface area contributed by atoms with E-state index in [2.05, 4.69) is 26.6 Å². The Kier molecular flexibility index (Phi) is 8.34. The first kappa shape index (κ1) is 17.9. The first-order chi connectivity index (χ1) is 10.1. The van der Waals surface area contributed by atoms with Crippen LogP contribution >= 0.6 is 15.9 Å². The number of benzene rings is 1. The van der Waals surface area contributed by atoms with E-state index in [1.54, 1.807) is 14.2 Å². The van der Waals surface area contributed by atoms with Crippen LogP contribution in [0.25, 0.3) is 0 Å². The molecule has 0 saturated carbocycles. The summed E-state index contributed by atoms with van der Waals surface area (Å²) >= 11 is 3.50. The van der Waals surface area contributed by atoms with Crippen LogP contribution in [0.3, 0.4) is 0 Å². The molecule has 0 aliphatic rings. The molecule has 1 aromatic rings. The molecule has 0 bridgehead atoms. The molecule has 1 rings (SSSR count). The zero-order chi connectivity index (χ0) is 15.7. The number of ether oxygens (including phenoxy) is 2. The minimum absolute atomic E-state index is 0.0329. The third kappa shape index (κ3) is 6.03. The summed E-state index contributed by atoms with van der Waals surface area (Å²) in [5.74, 6) is -0.0329. The molecule has 2 N–H and O–H groups in total. The van der Waals surface area contributed by atoms with Gasteiger partial charge in [-0.1, -0.05) is 22.0 Å². The fourth-order valence-electron chi connectivity index (χ4n) is 1.86. The highest BCUT2D eigenvalue weighted by atomic mass is 79.9. The second-order valence-electron chi connectivity index (χ2n) is 4.70. The minimum Gasteiger partial charge on any atom is -0.385 e. The van der Waals surface area contributed by atoms with Crippen molar-refractivity contribution in [1.82, 2.24) is 5.32 Å². The molecule has 1 aromatic carbocycles. The van der Waals surface area contributed by atoms with Gasteiger partial charge >= 0.3 is 0 Å². The molecule has 0 aromatic heterocycles. The van der Waals surface area contributed by atoms with Crippen LogP contribution in [-0.2, 0) is 20.9 Å². The lowest BCUT2D eigenvalue weighted by Crippen LogP contribution is -2.38. The van der Waals surface area contributed by atoms with Crippen molar-refractivity contribution < 1.29 is 14.3 Å². The first-order valence-electron chi connectivity index (χ1n) is 6.89. The monoisotopic (exact) mass is 358 g/mol. The average Bonchev–Trinajstić information content (AvgIpc) is 2.47. The van der Waals surface area contributed by atoms with Gasteiger partial charge < -0.3 is 20.1 Å². The van der Waals surface area contributed by atoms with Crippen molar-refractivity contribution in [3.05, 3.63) is 28.2 Å². The third-order valence-electron chi connectivity index (χ3n) is 3.00. The number of hydrogen-bond donors (Lipinski definition) is 2. The molecule has 0 aliphatic heterocycles. The van der Waals surface area contributed by atoms with Gasteiger partial charge in [-0.15, -0.1) is 0 Å². The molecule has 1 unspecified atom stereocenters. The summed E-state index contributed by atoms with van der Waals surface area (Å²) in [6, 6.07) is 5.50. The van der Waals surface area contributed by atoms with Crippen LogP contribution in [0.5, 0.6) is 0 Å². The van der Waals surface area contributed by atoms with Crippen LogP contribution in [0.15, 0.2) is 22.7 Å². The average molecular weight is 359 g/mol. The van der Waals surface area contributed by atoms with E-state index in [-0.39, 0.29) is 11.9 Å². The third-order valence-corrected chi connectivity index (χ3v) is 3.74. The summed E-state index contributed by atoms with van der Waals surface area (Å²) in [6.45, 7) is 3.57. The highest BCUT2D eigenvalue weighted by Crippen LogP contribution is 2.26. The molecular formula is C15H23BrN2O3. The van der Waals surface area contributed by atoms with Gasteiger partial charge in [0.15, 0.2) is 0 Å². The molecule has 21 heavy (non-hydrogen) atoms. The van der Waals surface area contributed by atoms with E-state index in [0.29, 0.717) is 19.8 Å². The molecule has 1 atom stereocenters. The van der Waals surface area contributed by atoms with Crippen LogP contribution in [0.1, 0.15) is 18.9 Å². The molecule has 0 spiro atoms. The van der Waals surface area contributed by atoms with Gasteiger partial charge in [-0.25, -0.2) is 0 Å². The molecular weight excluding hydrogens is 336 g/mol. The normalized spacial score (nSPS) is 12.0. The molecule has 1 amide bonds. The van der Waals surface area contributed by atoms with Gasteiger partial charge in [0.2, 0.25) is 5.91 Å². The summed E-state index contributed by atoms with van der Waals surface area (Å²) in [7, 11) is 3.30. The molecule has 0 radical (unpaired) electrons. The number of halogens is 1. The molecule has 5 nitrogen and oxygen atoms in total. The number of hydrogen-bond acceptors (Lipinski definition) is 4. The van der Waals surface area contributed by atoms with Gasteiger partial charge in [-0.05, 0) is 25.5 Å². The van der Waals surface area contributed by atoms with Crippen molar-refractivity contribution in [1.29, 1.82) is 0 Å². The SMILES string of the molecule is COCCCNC(=O)C(C)Nc1cccc(Br)c1COC. The van der Waals surface area contributed by atoms with E-state index >= 15 is 0 Å². The number of rotatable bonds is 9. The zero-order valence-corrected chi connectivity index (χ0v) is 14.3. The maximum absolute atomic E-state index is 12.0. The van der Waals surface area contributed by atoms with Gasteiger partial charge in [0.05, 0.1) is 6.61 Å². The number of nitrogens with one attached hydrogen (secondary N) is 2. The predicted octanol–water partition coefficient (Wildman–Crippen LogP) is 2.55. The lowest BCUT2D eigenvalue weighted by atomic mass is 10.1. The van der Waals surface area contributed by atoms with Crippen molar-refractivity contribution in [2.24, 2.45) is 0 Å². The summed E-state index contributed by atoms with van der Waals surface area (Å²) < 4.78 is 11.1. The Morgan fingerprint density at radius 3 is 2.76 bits per heavy atom. The second kappa shape index (κ2) is 9.76. The van der Waals surface area contributed by atoms with Crippen LogP contribution in [-0.4, -0.2) is 39.3 Å². The summed E-state index contributed by atoms with van der Waals surface area (Å²) in [5, 5.41) is 6.10. The molecule has 0 heterocycles. The van der Waals surface area contributed by atoms with E-state index in [1.807, 2.05) is 25.1 Å². The van der Waals surface area contributed by atoms with Crippen molar-refractivity contribution >= 4 is 27.5 Å². The Hall–Kier alpha value is -1.11. The molecule has 118 valence electrons. The Labute approximate surface area is 134 Å². The minimum atomic E-state index is -0.322. The van der Waals surface area contributed by atoms with E-state index in [4.69, 9.17) is 9.47 Å². The fourth-order valence-corrected chi connectivity index (χ4v) is 2.35. The second-order valence-corrected chi connectivity index (χ2v) is 5.56. The number of amides is 1. The number of methoxy groups -OCH3 is 2. The highest BCUT2D eigenvalue weighted by Gasteiger charge is 2.14. The van der Waals surface area contributed by atoms with Crippen LogP contribution in [0.4, 0.5) is 5.69 Å². The fraction of sp³-hybridized carbons (Fsp3) is 0.533. The highest BCUT2D eigenvalue weighted by molar-refractivity contribution is 9.10. The topological polar surface area (TPSA) is 59.6 Å². The van der Waals surface area contributed by atoms with E-state index < -0.39 is 0 Å². The van der Waals surface area contributed by atoms with Crippen LogP contribution in [0.2, 0.25) is 0 Å². The summed E-state index contributed by atoms with van der Waals surface area (Å²) in [4.78, 5) is 12.0. The molecule has 0 saturated heterocycles. The Morgan fingerprint density at radius 2 is 2.10 bits per heavy atom. The van der Waals surface area contributed by atoms with E-state index in [9.17, 15) is 4.79 Å². The Bertz CT molecular complexity index is 455. The first-order valence-corrected chi connectivity index (χ1v) is 7.69. The van der Waals surface area contributed by atoms with Gasteiger partial charge in [0.1, 0.15) is 6.04 Å². The number of anilines is 1. The lowest BCUT2D eigenvalue weighted by Gasteiger charge is -2.18. The van der Waals surface area contributed by atoms with Gasteiger partial charge in [0, 0.05) is 43.1 Å². The van der Waals surface area contributed by atoms with E-state index in [0.717, 1.165) is 22.1 Å². The quantitative estimate of drug-likeness (QED) is 0.666. The maximum atomic E-state index is 12.0. The zero-order valence-electron chi connectivity index (χ0n) is 12.7. The molecule has 6 heteroatoms. The van der Waals surface area contributed by atoms with Crippen molar-refractivity contribution in [2.75, 3.05) is 32.7 Å². The van der Waals surface area contributed by atoms with Gasteiger partial charge in [0.25, 0.3) is 0 Å². The summed E-state index contributed by atoms with van der Waals surface area (Å²) in [5.41, 5.74) is 1.89. The summed E-state index contributed by atoms with van der Waals surface area (Å²) in [6.07, 6.45) is 0.806. The Balaban J connectivity index is 2.59. The van der Waals surface area contributed by atoms with Crippen molar-refractivity contribution in [3.63, 3.8) is 0 Å². The van der Waals surface area contributed by atoms with Crippen molar-refractivity contribution in [2.45, 2.75) is 26.0 Å². The van der Waals surface area contributed by atoms with Gasteiger partial charge in [-0.2, -0.15) is 0 Å². The largest absolute Gasteiger partial charge is 0.385 e. The standard InChI is InChI=1S/C15H23BrN2O3/c1-11(15(19)17-8-5-9-20-2)18-14-7-4-6-13(16)12(14)10-21-3/h4,6-7,11,18H,5,8-10H2,1-3H3,(H,17,19). The molecule has 0 aliphatic carbocycles. The number of carbonyl (C=O) groups is 1. The Morgan fingerprint density at radius 1 is 1.33 bits per heavy atom. The maximum Gasteiger partial charge on any atom is 0.242 e. The van der Waals surface area contributed by atoms with Crippen LogP contribution < -0.4 is 10.6 Å². The smallest absolute Gasteiger partial charge is 0.242 e. The predicted molar refractivity (Wildman–Crippen MR) is 87.4 cm³/mol. The van der Waals surface area contributed by atoms with Crippen molar-refractivity contribution in [3.8, 4) is 0 Å². The molecule has 0 fully saturated rings. The van der Waals surface area contributed by atoms with Gasteiger partial charge in [-0.3, -0.25) is 4.79 Å². The number of carbonyl (C=O) groups excluding carboxylic acids is 1. The van der Waals surface area contributed by atoms with E-state index in [1.165, 1.54) is 0 Å². The lowest BCUT2D eigenvalue weighted by molar-refractivity contribution is -0.121.